The van der Waals surface area contributed by atoms with Gasteiger partial charge in [0.15, 0.2) is 0 Å². The molecule has 2 amide bonds. The van der Waals surface area contributed by atoms with Crippen molar-refractivity contribution in [3.8, 4) is 0 Å². The fourth-order valence-corrected chi connectivity index (χ4v) is 3.62. The Morgan fingerprint density at radius 3 is 2.56 bits per heavy atom. The van der Waals surface area contributed by atoms with Crippen LogP contribution in [-0.4, -0.2) is 52.2 Å². The Hall–Kier alpha value is -2.91. The third-order valence-electron chi connectivity index (χ3n) is 5.54. The average molecular weight is 450 g/mol. The molecule has 0 aromatic heterocycles. The Bertz CT molecular complexity index is 991. The van der Waals surface area contributed by atoms with Gasteiger partial charge in [-0.1, -0.05) is 24.3 Å². The van der Waals surface area contributed by atoms with E-state index in [2.05, 4.69) is 5.32 Å². The van der Waals surface area contributed by atoms with Gasteiger partial charge >= 0.3 is 6.18 Å². The quantitative estimate of drug-likeness (QED) is 0.630. The summed E-state index contributed by atoms with van der Waals surface area (Å²) in [5, 5.41) is 21.4. The molecule has 0 saturated heterocycles. The maximum absolute atomic E-state index is 12.9. The molecule has 32 heavy (non-hydrogen) atoms. The molecule has 6 nitrogen and oxygen atoms in total. The van der Waals surface area contributed by atoms with E-state index in [1.165, 1.54) is 19.1 Å². The van der Waals surface area contributed by atoms with Crippen molar-refractivity contribution in [1.82, 2.24) is 10.2 Å². The fourth-order valence-electron chi connectivity index (χ4n) is 3.62. The van der Waals surface area contributed by atoms with Crippen molar-refractivity contribution in [1.29, 1.82) is 0 Å². The molecule has 1 heterocycles. The smallest absolute Gasteiger partial charge is 0.394 e. The van der Waals surface area contributed by atoms with Crippen molar-refractivity contribution in [2.45, 2.75) is 44.6 Å². The minimum Gasteiger partial charge on any atom is -0.394 e. The minimum absolute atomic E-state index is 0.123. The Morgan fingerprint density at radius 2 is 1.91 bits per heavy atom. The Kier molecular flexibility index (Phi) is 7.20. The lowest BCUT2D eigenvalue weighted by molar-refractivity contribution is -0.138. The summed E-state index contributed by atoms with van der Waals surface area (Å²) in [6, 6.07) is 9.05. The number of hydrogen-bond acceptors (Lipinski definition) is 4. The molecule has 172 valence electrons. The van der Waals surface area contributed by atoms with Crippen molar-refractivity contribution < 1.29 is 33.0 Å². The molecule has 2 aromatic rings. The van der Waals surface area contributed by atoms with Gasteiger partial charge in [-0.05, 0) is 48.2 Å². The number of hydrogen-bond donors (Lipinski definition) is 3. The summed E-state index contributed by atoms with van der Waals surface area (Å²) in [5.74, 6) is -0.685. The lowest BCUT2D eigenvalue weighted by Gasteiger charge is -2.29. The summed E-state index contributed by atoms with van der Waals surface area (Å²) < 4.78 is 38.7. The molecule has 3 N–H and O–H groups in total. The Labute approximate surface area is 183 Å². The lowest BCUT2D eigenvalue weighted by Crippen LogP contribution is -2.44. The van der Waals surface area contributed by atoms with Gasteiger partial charge < -0.3 is 20.4 Å². The van der Waals surface area contributed by atoms with E-state index in [-0.39, 0.29) is 12.3 Å². The zero-order valence-corrected chi connectivity index (χ0v) is 17.5. The molecule has 0 fully saturated rings. The molecule has 3 rings (SSSR count). The van der Waals surface area contributed by atoms with Crippen LogP contribution in [0.4, 0.5) is 13.2 Å². The predicted molar refractivity (Wildman–Crippen MR) is 111 cm³/mol. The molecule has 1 aliphatic rings. The van der Waals surface area contributed by atoms with Crippen LogP contribution >= 0.6 is 0 Å². The first kappa shape index (κ1) is 23.7. The van der Waals surface area contributed by atoms with E-state index >= 15 is 0 Å². The largest absolute Gasteiger partial charge is 0.416 e. The van der Waals surface area contributed by atoms with Gasteiger partial charge in [-0.25, -0.2) is 0 Å². The second-order valence-corrected chi connectivity index (χ2v) is 7.93. The molecule has 9 heteroatoms. The second-order valence-electron chi connectivity index (χ2n) is 7.93. The number of fused-ring (bicyclic) bond motifs is 1. The normalized spacial score (nSPS) is 15.6. The van der Waals surface area contributed by atoms with E-state index in [1.807, 2.05) is 0 Å². The maximum atomic E-state index is 12.9. The molecular formula is C23H25F3N2O4. The van der Waals surface area contributed by atoms with Crippen molar-refractivity contribution in [2.24, 2.45) is 0 Å². The van der Waals surface area contributed by atoms with Crippen LogP contribution < -0.4 is 5.32 Å². The number of aliphatic hydroxyl groups is 2. The van der Waals surface area contributed by atoms with Gasteiger partial charge in [-0.15, -0.1) is 0 Å². The standard InChI is InChI=1S/C23H25F3N2O4/c1-14(30)20(13-29)27-22(32)17-5-6-18-12-28(8-7-16(18)11-17)21(31)10-15-3-2-4-19(9-15)23(24,25)26/h2-6,9,11,14,20,29-30H,7-8,10,12-13H2,1H3,(H,27,32)/t14-,20-/m1/s1. The molecule has 0 saturated carbocycles. The van der Waals surface area contributed by atoms with Gasteiger partial charge in [0.2, 0.25) is 5.91 Å². The van der Waals surface area contributed by atoms with Crippen LogP contribution in [0.2, 0.25) is 0 Å². The van der Waals surface area contributed by atoms with Crippen molar-refractivity contribution in [3.05, 3.63) is 70.3 Å². The van der Waals surface area contributed by atoms with E-state index in [0.29, 0.717) is 30.6 Å². The first-order valence-corrected chi connectivity index (χ1v) is 10.2. The zero-order valence-electron chi connectivity index (χ0n) is 17.5. The van der Waals surface area contributed by atoms with Crippen molar-refractivity contribution in [2.75, 3.05) is 13.2 Å². The highest BCUT2D eigenvalue weighted by atomic mass is 19.4. The van der Waals surface area contributed by atoms with Gasteiger partial charge in [0.25, 0.3) is 5.91 Å². The van der Waals surface area contributed by atoms with Gasteiger partial charge in [0.05, 0.1) is 30.7 Å². The monoisotopic (exact) mass is 450 g/mol. The number of rotatable bonds is 6. The van der Waals surface area contributed by atoms with E-state index < -0.39 is 36.4 Å². The predicted octanol–water partition coefficient (Wildman–Crippen LogP) is 2.30. The lowest BCUT2D eigenvalue weighted by atomic mass is 9.96. The van der Waals surface area contributed by atoms with E-state index in [4.69, 9.17) is 0 Å². The van der Waals surface area contributed by atoms with Crippen LogP contribution in [0.5, 0.6) is 0 Å². The zero-order chi connectivity index (χ0) is 23.5. The Balaban J connectivity index is 1.66. The average Bonchev–Trinajstić information content (AvgIpc) is 2.75. The van der Waals surface area contributed by atoms with Gasteiger partial charge in [-0.3, -0.25) is 9.59 Å². The molecule has 0 aliphatic carbocycles. The summed E-state index contributed by atoms with van der Waals surface area (Å²) in [6.07, 6.45) is -4.98. The highest BCUT2D eigenvalue weighted by Gasteiger charge is 2.31. The van der Waals surface area contributed by atoms with Gasteiger partial charge in [0.1, 0.15) is 0 Å². The van der Waals surface area contributed by atoms with E-state index in [1.54, 1.807) is 23.1 Å². The number of benzene rings is 2. The number of alkyl halides is 3. The van der Waals surface area contributed by atoms with Crippen molar-refractivity contribution in [3.63, 3.8) is 0 Å². The van der Waals surface area contributed by atoms with E-state index in [0.717, 1.165) is 23.3 Å². The number of halogens is 3. The van der Waals surface area contributed by atoms with Crippen LogP contribution in [-0.2, 0) is 30.4 Å². The number of nitrogens with one attached hydrogen (secondary N) is 1. The number of carbonyl (C=O) groups is 2. The molecule has 2 atom stereocenters. The number of nitrogens with zero attached hydrogens (tertiary/aromatic N) is 1. The highest BCUT2D eigenvalue weighted by Crippen LogP contribution is 2.30. The summed E-state index contributed by atoms with van der Waals surface area (Å²) in [4.78, 5) is 26.7. The van der Waals surface area contributed by atoms with Crippen LogP contribution in [0.25, 0.3) is 0 Å². The summed E-state index contributed by atoms with van der Waals surface area (Å²) in [7, 11) is 0. The molecular weight excluding hydrogens is 425 g/mol. The third kappa shape index (κ3) is 5.66. The SMILES string of the molecule is C[C@@H](O)[C@@H](CO)NC(=O)c1ccc2c(c1)CCN(C(=O)Cc1cccc(C(F)(F)F)c1)C2. The van der Waals surface area contributed by atoms with E-state index in [9.17, 15) is 33.0 Å². The highest BCUT2D eigenvalue weighted by molar-refractivity contribution is 5.94. The fraction of sp³-hybridized carbons (Fsp3) is 0.391. The number of aliphatic hydroxyl groups excluding tert-OH is 2. The topological polar surface area (TPSA) is 89.9 Å². The van der Waals surface area contributed by atoms with Crippen LogP contribution in [0.1, 0.15) is 39.5 Å². The summed E-state index contributed by atoms with van der Waals surface area (Å²) in [6.45, 7) is 1.78. The summed E-state index contributed by atoms with van der Waals surface area (Å²) >= 11 is 0. The second kappa shape index (κ2) is 9.70. The summed E-state index contributed by atoms with van der Waals surface area (Å²) in [5.41, 5.74) is 1.67. The molecule has 0 bridgehead atoms. The molecule has 1 aliphatic heterocycles. The van der Waals surface area contributed by atoms with Gasteiger partial charge in [-0.2, -0.15) is 13.2 Å². The number of amides is 2. The number of carbonyl (C=O) groups excluding carboxylic acids is 2. The first-order chi connectivity index (χ1) is 15.1. The molecule has 0 spiro atoms. The molecule has 0 unspecified atom stereocenters. The van der Waals surface area contributed by atoms with Crippen molar-refractivity contribution >= 4 is 11.8 Å². The molecule has 0 radical (unpaired) electrons. The Morgan fingerprint density at radius 1 is 1.16 bits per heavy atom. The van der Waals surface area contributed by atoms with Crippen LogP contribution in [0.3, 0.4) is 0 Å². The first-order valence-electron chi connectivity index (χ1n) is 10.2. The van der Waals surface area contributed by atoms with Crippen LogP contribution in [0, 0.1) is 0 Å². The van der Waals surface area contributed by atoms with Gasteiger partial charge in [0, 0.05) is 18.7 Å². The minimum atomic E-state index is -4.46. The van der Waals surface area contributed by atoms with Crippen LogP contribution in [0.15, 0.2) is 42.5 Å². The molecule has 2 aromatic carbocycles. The maximum Gasteiger partial charge on any atom is 0.416 e. The third-order valence-corrected chi connectivity index (χ3v) is 5.54.